The minimum atomic E-state index is -1.25. The number of rotatable bonds is 1. The molecule has 1 aliphatic carbocycles. The lowest BCUT2D eigenvalue weighted by atomic mass is 9.66. The fourth-order valence-corrected chi connectivity index (χ4v) is 2.80. The molecule has 0 aromatic heterocycles. The maximum atomic E-state index is 13.9. The van der Waals surface area contributed by atoms with E-state index < -0.39 is 29.1 Å². The third-order valence-corrected chi connectivity index (χ3v) is 4.14. The molecular weight excluding hydrogens is 287 g/mol. The smallest absolute Gasteiger partial charge is 0.276 e. The van der Waals surface area contributed by atoms with Gasteiger partial charge in [0.25, 0.3) is 5.91 Å². The molecule has 4 amide bonds. The van der Waals surface area contributed by atoms with E-state index in [9.17, 15) is 18.8 Å². The molecule has 0 atom stereocenters. The number of anilines is 1. The maximum absolute atomic E-state index is 13.9. The number of carbonyl (C=O) groups excluding carboxylic acids is 3. The van der Waals surface area contributed by atoms with E-state index in [1.807, 2.05) is 0 Å². The van der Waals surface area contributed by atoms with Crippen LogP contribution in [0.25, 0.3) is 0 Å². The first kappa shape index (κ1) is 13.1. The monoisotopic (exact) mass is 296 g/mol. The lowest BCUT2D eigenvalue weighted by Crippen LogP contribution is -2.66. The summed E-state index contributed by atoms with van der Waals surface area (Å²) in [5.41, 5.74) is -1.56. The van der Waals surface area contributed by atoms with E-state index in [0.717, 1.165) is 6.07 Å². The van der Waals surface area contributed by atoms with Crippen molar-refractivity contribution in [2.45, 2.75) is 19.3 Å². The maximum Gasteiger partial charge on any atom is 0.335 e. The summed E-state index contributed by atoms with van der Waals surface area (Å²) in [4.78, 5) is 36.9. The lowest BCUT2D eigenvalue weighted by Gasteiger charge is -2.44. The van der Waals surface area contributed by atoms with Crippen LogP contribution in [0.4, 0.5) is 14.9 Å². The SMILES string of the molecule is O=C1NC(=O)C2(CCC2)C(=O)N1c1c(F)cccc1Cl. The molecule has 1 N–H and O–H groups in total. The van der Waals surface area contributed by atoms with E-state index >= 15 is 0 Å². The first-order valence-electron chi connectivity index (χ1n) is 6.11. The number of para-hydroxylation sites is 1. The van der Waals surface area contributed by atoms with Gasteiger partial charge in [-0.15, -0.1) is 0 Å². The van der Waals surface area contributed by atoms with Crippen molar-refractivity contribution in [1.82, 2.24) is 5.32 Å². The van der Waals surface area contributed by atoms with Crippen LogP contribution in [-0.4, -0.2) is 17.8 Å². The zero-order valence-electron chi connectivity index (χ0n) is 10.3. The van der Waals surface area contributed by atoms with Crippen molar-refractivity contribution in [2.24, 2.45) is 5.41 Å². The summed E-state index contributed by atoms with van der Waals surface area (Å²) in [6, 6.07) is 2.89. The van der Waals surface area contributed by atoms with Gasteiger partial charge in [0.15, 0.2) is 0 Å². The van der Waals surface area contributed by atoms with Crippen LogP contribution >= 0.6 is 11.6 Å². The van der Waals surface area contributed by atoms with Crippen LogP contribution < -0.4 is 10.2 Å². The van der Waals surface area contributed by atoms with Crippen LogP contribution in [0, 0.1) is 11.2 Å². The van der Waals surface area contributed by atoms with Gasteiger partial charge >= 0.3 is 6.03 Å². The van der Waals surface area contributed by atoms with E-state index in [-0.39, 0.29) is 10.7 Å². The molecule has 5 nitrogen and oxygen atoms in total. The number of nitrogens with one attached hydrogen (secondary N) is 1. The van der Waals surface area contributed by atoms with Crippen molar-refractivity contribution < 1.29 is 18.8 Å². The van der Waals surface area contributed by atoms with Crippen LogP contribution in [0.1, 0.15) is 19.3 Å². The second kappa shape index (κ2) is 4.28. The number of halogens is 2. The van der Waals surface area contributed by atoms with Crippen LogP contribution in [0.5, 0.6) is 0 Å². The van der Waals surface area contributed by atoms with E-state index in [1.54, 1.807) is 0 Å². The van der Waals surface area contributed by atoms with Gasteiger partial charge in [-0.3, -0.25) is 14.9 Å². The Labute approximate surface area is 118 Å². The average Bonchev–Trinajstić information content (AvgIpc) is 2.30. The summed E-state index contributed by atoms with van der Waals surface area (Å²) < 4.78 is 13.9. The van der Waals surface area contributed by atoms with Crippen LogP contribution in [-0.2, 0) is 9.59 Å². The molecule has 2 aliphatic rings. The molecule has 104 valence electrons. The third-order valence-electron chi connectivity index (χ3n) is 3.84. The summed E-state index contributed by atoms with van der Waals surface area (Å²) in [5, 5.41) is 2.05. The second-order valence-corrected chi connectivity index (χ2v) is 5.31. The number of imide groups is 2. The molecule has 20 heavy (non-hydrogen) atoms. The van der Waals surface area contributed by atoms with E-state index in [1.165, 1.54) is 12.1 Å². The minimum Gasteiger partial charge on any atom is -0.276 e. The topological polar surface area (TPSA) is 66.5 Å². The van der Waals surface area contributed by atoms with E-state index in [0.29, 0.717) is 24.2 Å². The van der Waals surface area contributed by atoms with Crippen LogP contribution in [0.15, 0.2) is 18.2 Å². The van der Waals surface area contributed by atoms with E-state index in [2.05, 4.69) is 5.32 Å². The first-order chi connectivity index (χ1) is 9.47. The van der Waals surface area contributed by atoms with Gasteiger partial charge in [-0.05, 0) is 25.0 Å². The third kappa shape index (κ3) is 1.57. The highest BCUT2D eigenvalue weighted by Crippen LogP contribution is 2.46. The number of hydrogen-bond donors (Lipinski definition) is 1. The Kier molecular flexibility index (Phi) is 2.79. The van der Waals surface area contributed by atoms with Crippen LogP contribution in [0.3, 0.4) is 0 Å². The van der Waals surface area contributed by atoms with Gasteiger partial charge in [0, 0.05) is 0 Å². The predicted molar refractivity (Wildman–Crippen MR) is 68.7 cm³/mol. The number of urea groups is 1. The molecule has 3 rings (SSSR count). The van der Waals surface area contributed by atoms with Gasteiger partial charge in [-0.2, -0.15) is 0 Å². The van der Waals surface area contributed by atoms with Crippen LogP contribution in [0.2, 0.25) is 5.02 Å². The fraction of sp³-hybridized carbons (Fsp3) is 0.308. The summed E-state index contributed by atoms with van der Waals surface area (Å²) in [6.07, 6.45) is 1.42. The molecule has 1 heterocycles. The molecule has 1 aliphatic heterocycles. The molecular formula is C13H10ClFN2O3. The molecule has 0 unspecified atom stereocenters. The van der Waals surface area contributed by atoms with Gasteiger partial charge in [0.2, 0.25) is 5.91 Å². The highest BCUT2D eigenvalue weighted by molar-refractivity contribution is 6.37. The van der Waals surface area contributed by atoms with E-state index in [4.69, 9.17) is 11.6 Å². The molecule has 1 saturated heterocycles. The predicted octanol–water partition coefficient (Wildman–Crippen LogP) is 2.23. The normalized spacial score (nSPS) is 20.9. The molecule has 0 bridgehead atoms. The molecule has 1 spiro atoms. The largest absolute Gasteiger partial charge is 0.335 e. The Balaban J connectivity index is 2.11. The van der Waals surface area contributed by atoms with Crippen molar-refractivity contribution in [3.8, 4) is 0 Å². The standard InChI is InChI=1S/C13H10ClFN2O3/c14-7-3-1-4-8(15)9(7)17-11(19)13(5-2-6-13)10(18)16-12(17)20/h1,3-4H,2,5-6H2,(H,16,18,20). The molecule has 0 radical (unpaired) electrons. The zero-order valence-corrected chi connectivity index (χ0v) is 11.0. The Morgan fingerprint density at radius 3 is 2.50 bits per heavy atom. The fourth-order valence-electron chi connectivity index (χ4n) is 2.55. The molecule has 1 saturated carbocycles. The van der Waals surface area contributed by atoms with Gasteiger partial charge in [-0.25, -0.2) is 14.1 Å². The number of nitrogens with zero attached hydrogens (tertiary/aromatic N) is 1. The quantitative estimate of drug-likeness (QED) is 0.808. The van der Waals surface area contributed by atoms with Crippen molar-refractivity contribution in [1.29, 1.82) is 0 Å². The molecule has 7 heteroatoms. The summed E-state index contributed by atoms with van der Waals surface area (Å²) in [7, 11) is 0. The van der Waals surface area contributed by atoms with Crippen molar-refractivity contribution in [3.05, 3.63) is 29.0 Å². The number of carbonyl (C=O) groups is 3. The highest BCUT2D eigenvalue weighted by Gasteiger charge is 2.58. The van der Waals surface area contributed by atoms with Gasteiger partial charge in [0.05, 0.1) is 5.02 Å². The summed E-state index contributed by atoms with van der Waals surface area (Å²) in [5.74, 6) is -2.10. The lowest BCUT2D eigenvalue weighted by molar-refractivity contribution is -0.148. The zero-order chi connectivity index (χ0) is 14.5. The molecule has 2 fully saturated rings. The summed E-state index contributed by atoms with van der Waals surface area (Å²) >= 11 is 5.89. The van der Waals surface area contributed by atoms with Gasteiger partial charge in [0.1, 0.15) is 16.9 Å². The Morgan fingerprint density at radius 2 is 1.95 bits per heavy atom. The second-order valence-electron chi connectivity index (χ2n) is 4.91. The number of benzene rings is 1. The Morgan fingerprint density at radius 1 is 1.25 bits per heavy atom. The summed E-state index contributed by atoms with van der Waals surface area (Å²) in [6.45, 7) is 0. The van der Waals surface area contributed by atoms with Gasteiger partial charge in [-0.1, -0.05) is 24.1 Å². The first-order valence-corrected chi connectivity index (χ1v) is 6.49. The average molecular weight is 297 g/mol. The van der Waals surface area contributed by atoms with Gasteiger partial charge < -0.3 is 0 Å². The minimum absolute atomic E-state index is 0.0580. The molecule has 1 aromatic carbocycles. The Hall–Kier alpha value is -1.95. The highest BCUT2D eigenvalue weighted by atomic mass is 35.5. The Bertz CT molecular complexity index is 622. The number of barbiturate groups is 1. The molecule has 1 aromatic rings. The number of hydrogen-bond acceptors (Lipinski definition) is 3. The van der Waals surface area contributed by atoms with Crippen molar-refractivity contribution >= 4 is 35.1 Å². The number of amides is 4. The van der Waals surface area contributed by atoms with Crippen molar-refractivity contribution in [3.63, 3.8) is 0 Å². The van der Waals surface area contributed by atoms with Crippen molar-refractivity contribution in [2.75, 3.05) is 4.90 Å².